The summed E-state index contributed by atoms with van der Waals surface area (Å²) in [6.07, 6.45) is 1.79. The van der Waals surface area contributed by atoms with Gasteiger partial charge in [0.05, 0.1) is 6.61 Å². The van der Waals surface area contributed by atoms with E-state index in [0.717, 1.165) is 36.2 Å². The maximum absolute atomic E-state index is 6.23. The summed E-state index contributed by atoms with van der Waals surface area (Å²) in [5.41, 5.74) is 7.97. The Morgan fingerprint density at radius 2 is 1.78 bits per heavy atom. The van der Waals surface area contributed by atoms with Crippen molar-refractivity contribution in [3.8, 4) is 5.75 Å². The lowest BCUT2D eigenvalue weighted by atomic mass is 10.1. The second-order valence-corrected chi connectivity index (χ2v) is 12.8. The van der Waals surface area contributed by atoms with Crippen molar-refractivity contribution in [2.24, 2.45) is 5.73 Å². The Morgan fingerprint density at radius 3 is 2.37 bits per heavy atom. The molecule has 8 heteroatoms. The second kappa shape index (κ2) is 10.7. The van der Waals surface area contributed by atoms with E-state index in [1.54, 1.807) is 0 Å². The summed E-state index contributed by atoms with van der Waals surface area (Å²) < 4.78 is 30.2. The molecule has 2 N–H and O–H groups in total. The van der Waals surface area contributed by atoms with E-state index in [9.17, 15) is 0 Å². The van der Waals surface area contributed by atoms with Crippen LogP contribution in [0.3, 0.4) is 0 Å². The van der Waals surface area contributed by atoms with Gasteiger partial charge in [-0.25, -0.2) is 0 Å². The Labute approximate surface area is 165 Å². The summed E-state index contributed by atoms with van der Waals surface area (Å²) in [4.78, 5) is 0. The molecule has 0 aliphatic carbocycles. The fraction of sp³-hybridized carbons (Fsp3) is 0.684. The first kappa shape index (κ1) is 22.5. The van der Waals surface area contributed by atoms with Crippen LogP contribution in [0.4, 0.5) is 0 Å². The van der Waals surface area contributed by atoms with Crippen LogP contribution < -0.4 is 10.2 Å². The molecule has 0 bridgehead atoms. The Bertz CT molecular complexity index is 572. The van der Waals surface area contributed by atoms with Gasteiger partial charge in [-0.15, -0.1) is 0 Å². The highest BCUT2D eigenvalue weighted by atomic mass is 28.4. The van der Waals surface area contributed by atoms with E-state index in [0.29, 0.717) is 33.0 Å². The van der Waals surface area contributed by atoms with Gasteiger partial charge in [0.15, 0.2) is 0 Å². The average Bonchev–Trinajstić information content (AvgIpc) is 2.65. The Kier molecular flexibility index (Phi) is 8.94. The molecular weight excluding hydrogens is 378 g/mol. The molecule has 0 saturated heterocycles. The van der Waals surface area contributed by atoms with Gasteiger partial charge in [-0.2, -0.15) is 0 Å². The predicted octanol–water partition coefficient (Wildman–Crippen LogP) is 3.61. The molecule has 1 aromatic rings. The van der Waals surface area contributed by atoms with E-state index >= 15 is 0 Å². The molecule has 1 heterocycles. The van der Waals surface area contributed by atoms with Crippen LogP contribution in [0.15, 0.2) is 18.2 Å². The number of benzene rings is 1. The second-order valence-electron chi connectivity index (χ2n) is 6.84. The molecule has 0 spiro atoms. The zero-order valence-corrected chi connectivity index (χ0v) is 19.2. The van der Waals surface area contributed by atoms with Gasteiger partial charge in [0.25, 0.3) is 0 Å². The van der Waals surface area contributed by atoms with Gasteiger partial charge >= 0.3 is 17.4 Å². The highest BCUT2D eigenvalue weighted by molar-refractivity contribution is 6.67. The number of nitrogens with two attached hydrogens (primary N) is 1. The van der Waals surface area contributed by atoms with Crippen molar-refractivity contribution in [1.82, 2.24) is 0 Å². The predicted molar refractivity (Wildman–Crippen MR) is 111 cm³/mol. The molecule has 27 heavy (non-hydrogen) atoms. The first-order valence-electron chi connectivity index (χ1n) is 10.1. The highest BCUT2D eigenvalue weighted by Crippen LogP contribution is 2.33. The summed E-state index contributed by atoms with van der Waals surface area (Å²) in [5, 5.41) is 0. The standard InChI is InChI=1S/C19H35NO5Si2/c1-5-21-27(22-6-2,23-7-3)14-11-17-9-10-19-18(15-17)16-24-26(4,25-19)13-8-12-20/h9-10,15H,5-8,11-14,16,20H2,1-4H3. The lowest BCUT2D eigenvalue weighted by molar-refractivity contribution is 0.0714. The van der Waals surface area contributed by atoms with Gasteiger partial charge < -0.3 is 27.9 Å². The molecule has 1 aliphatic rings. The summed E-state index contributed by atoms with van der Waals surface area (Å²) >= 11 is 0. The molecule has 0 amide bonds. The van der Waals surface area contributed by atoms with Crippen LogP contribution >= 0.6 is 0 Å². The van der Waals surface area contributed by atoms with Crippen molar-refractivity contribution in [2.75, 3.05) is 26.4 Å². The Hall–Kier alpha value is -0.746. The molecular formula is C19H35NO5Si2. The normalized spacial score (nSPS) is 19.6. The van der Waals surface area contributed by atoms with Gasteiger partial charge in [0.2, 0.25) is 0 Å². The topological polar surface area (TPSA) is 72.2 Å². The summed E-state index contributed by atoms with van der Waals surface area (Å²) in [6.45, 7) is 11.2. The molecule has 1 aliphatic heterocycles. The fourth-order valence-corrected chi connectivity index (χ4v) is 8.21. The highest BCUT2D eigenvalue weighted by Gasteiger charge is 2.40. The van der Waals surface area contributed by atoms with Crippen molar-refractivity contribution in [2.45, 2.75) is 58.9 Å². The van der Waals surface area contributed by atoms with Gasteiger partial charge in [0.1, 0.15) is 5.75 Å². The molecule has 1 aromatic carbocycles. The summed E-state index contributed by atoms with van der Waals surface area (Å²) in [5.74, 6) is 0.958. The maximum Gasteiger partial charge on any atom is 0.501 e. The molecule has 0 radical (unpaired) electrons. The SMILES string of the molecule is CCO[Si](CCc1ccc2c(c1)CO[Si](C)(CCCN)O2)(OCC)OCC. The van der Waals surface area contributed by atoms with E-state index in [1.807, 2.05) is 20.8 Å². The molecule has 0 fully saturated rings. The largest absolute Gasteiger partial charge is 0.520 e. The molecule has 154 valence electrons. The maximum atomic E-state index is 6.23. The van der Waals surface area contributed by atoms with Crippen LogP contribution in [0.2, 0.25) is 18.6 Å². The van der Waals surface area contributed by atoms with Crippen LogP contribution in [0.25, 0.3) is 0 Å². The number of hydrogen-bond donors (Lipinski definition) is 1. The van der Waals surface area contributed by atoms with E-state index in [4.69, 9.17) is 27.9 Å². The number of rotatable bonds is 12. The van der Waals surface area contributed by atoms with E-state index in [1.165, 1.54) is 5.56 Å². The van der Waals surface area contributed by atoms with Gasteiger partial charge in [0, 0.05) is 37.5 Å². The first-order chi connectivity index (χ1) is 13.0. The van der Waals surface area contributed by atoms with E-state index in [2.05, 4.69) is 24.7 Å². The minimum atomic E-state index is -2.62. The first-order valence-corrected chi connectivity index (χ1v) is 14.5. The monoisotopic (exact) mass is 413 g/mol. The van der Waals surface area contributed by atoms with Gasteiger partial charge in [-0.1, -0.05) is 6.07 Å². The summed E-state index contributed by atoms with van der Waals surface area (Å²) in [6, 6.07) is 8.08. The minimum absolute atomic E-state index is 0.601. The minimum Gasteiger partial charge on any atom is -0.520 e. The lowest BCUT2D eigenvalue weighted by Gasteiger charge is -2.33. The van der Waals surface area contributed by atoms with Crippen molar-refractivity contribution in [3.63, 3.8) is 0 Å². The van der Waals surface area contributed by atoms with Crippen LogP contribution in [-0.2, 0) is 30.7 Å². The molecule has 0 aromatic heterocycles. The average molecular weight is 414 g/mol. The van der Waals surface area contributed by atoms with E-state index < -0.39 is 17.4 Å². The Morgan fingerprint density at radius 1 is 1.11 bits per heavy atom. The van der Waals surface area contributed by atoms with Gasteiger partial charge in [-0.05, 0) is 64.4 Å². The quantitative estimate of drug-likeness (QED) is 0.528. The molecule has 0 saturated carbocycles. The van der Waals surface area contributed by atoms with Crippen molar-refractivity contribution < 1.29 is 22.1 Å². The third-order valence-corrected chi connectivity index (χ3v) is 10.3. The molecule has 1 unspecified atom stereocenters. The number of hydrogen-bond acceptors (Lipinski definition) is 6. The smallest absolute Gasteiger partial charge is 0.501 e. The fourth-order valence-electron chi connectivity index (χ4n) is 3.34. The van der Waals surface area contributed by atoms with Crippen LogP contribution in [0, 0.1) is 0 Å². The third kappa shape index (κ3) is 6.38. The lowest BCUT2D eigenvalue weighted by Crippen LogP contribution is -2.46. The van der Waals surface area contributed by atoms with E-state index in [-0.39, 0.29) is 0 Å². The van der Waals surface area contributed by atoms with Crippen molar-refractivity contribution in [3.05, 3.63) is 29.3 Å². The van der Waals surface area contributed by atoms with Crippen molar-refractivity contribution >= 4 is 17.4 Å². The molecule has 1 atom stereocenters. The number of fused-ring (bicyclic) bond motifs is 1. The number of aryl methyl sites for hydroxylation is 1. The Balaban J connectivity index is 2.04. The molecule has 6 nitrogen and oxygen atoms in total. The zero-order chi connectivity index (χ0) is 19.8. The third-order valence-electron chi connectivity index (χ3n) is 4.63. The van der Waals surface area contributed by atoms with Crippen LogP contribution in [0.5, 0.6) is 5.75 Å². The summed E-state index contributed by atoms with van der Waals surface area (Å²) in [7, 11) is -4.76. The zero-order valence-electron chi connectivity index (χ0n) is 17.2. The van der Waals surface area contributed by atoms with Crippen LogP contribution in [-0.4, -0.2) is 43.7 Å². The van der Waals surface area contributed by atoms with Crippen molar-refractivity contribution in [1.29, 1.82) is 0 Å². The van der Waals surface area contributed by atoms with Gasteiger partial charge in [-0.3, -0.25) is 0 Å². The molecule has 2 rings (SSSR count). The van der Waals surface area contributed by atoms with Crippen LogP contribution in [0.1, 0.15) is 38.3 Å².